The van der Waals surface area contributed by atoms with Gasteiger partial charge in [0.15, 0.2) is 10.1 Å². The van der Waals surface area contributed by atoms with Crippen molar-refractivity contribution >= 4 is 31.9 Å². The van der Waals surface area contributed by atoms with Gasteiger partial charge in [0.1, 0.15) is 10.2 Å². The minimum Gasteiger partial charge on any atom is -0.453 e. The van der Waals surface area contributed by atoms with Crippen molar-refractivity contribution in [2.24, 2.45) is 21.7 Å². The highest BCUT2D eigenvalue weighted by molar-refractivity contribution is 7.45. The molecule has 37 heavy (non-hydrogen) atoms. The van der Waals surface area contributed by atoms with E-state index in [4.69, 9.17) is 30.7 Å². The molecule has 0 bridgehead atoms. The molecule has 0 aliphatic carbocycles. The highest BCUT2D eigenvalue weighted by Gasteiger charge is 2.01. The number of nitro groups is 2. The number of carbonyl (C=O) groups excluding carboxylic acids is 2. The molecule has 0 radical (unpaired) electrons. The Labute approximate surface area is 210 Å². The van der Waals surface area contributed by atoms with Gasteiger partial charge in [-0.05, 0) is 25.7 Å². The number of unbranched alkanes of at least 4 members (excludes halogenated alkanes) is 2. The average Bonchev–Trinajstić information content (AvgIpc) is 2.76. The maximum Gasteiger partial charge on any atom is 0.466 e. The number of phosphoric acid groups is 1. The van der Waals surface area contributed by atoms with E-state index in [9.17, 15) is 29.8 Å². The van der Waals surface area contributed by atoms with Gasteiger partial charge in [-0.25, -0.2) is 34.4 Å². The van der Waals surface area contributed by atoms with Gasteiger partial charge in [-0.1, -0.05) is 0 Å². The van der Waals surface area contributed by atoms with Gasteiger partial charge in [0.2, 0.25) is 0 Å². The van der Waals surface area contributed by atoms with Crippen LogP contribution < -0.4 is 32.7 Å². The molecule has 0 heterocycles. The molecule has 0 aliphatic rings. The molecule has 2 amide bonds. The van der Waals surface area contributed by atoms with Crippen LogP contribution >= 0.6 is 7.82 Å². The number of guanidine groups is 2. The first kappa shape index (κ1) is 37.5. The lowest BCUT2D eigenvalue weighted by Gasteiger charge is -2.04. The van der Waals surface area contributed by atoms with Crippen LogP contribution in [0.2, 0.25) is 0 Å². The molecular weight excluding hydrogens is 531 g/mol. The first-order valence-corrected chi connectivity index (χ1v) is 11.5. The molecule has 0 aliphatic heterocycles. The van der Waals surface area contributed by atoms with Crippen molar-refractivity contribution in [3.63, 3.8) is 0 Å². The molecule has 0 fully saturated rings. The van der Waals surface area contributed by atoms with Crippen LogP contribution in [-0.4, -0.2) is 89.2 Å². The minimum atomic E-state index is -4.64. The molecule has 23 heteroatoms. The van der Waals surface area contributed by atoms with E-state index >= 15 is 0 Å². The van der Waals surface area contributed by atoms with Crippen molar-refractivity contribution in [2.45, 2.75) is 25.7 Å². The van der Waals surface area contributed by atoms with Gasteiger partial charge in [-0.15, -0.1) is 0 Å². The zero-order chi connectivity index (χ0) is 29.3. The van der Waals surface area contributed by atoms with Crippen LogP contribution in [0.15, 0.2) is 10.2 Å². The van der Waals surface area contributed by atoms with E-state index in [1.807, 2.05) is 0 Å². The minimum absolute atomic E-state index is 0.231. The molecule has 0 aromatic heterocycles. The monoisotopic (exact) mass is 564 g/mol. The molecule has 0 atom stereocenters. The molecule has 0 spiro atoms. The number of ether oxygens (including phenoxy) is 2. The van der Waals surface area contributed by atoms with Crippen LogP contribution in [-0.2, 0) is 14.0 Å². The Morgan fingerprint density at radius 3 is 1.22 bits per heavy atom. The summed E-state index contributed by atoms with van der Waals surface area (Å²) in [4.78, 5) is 62.6. The van der Waals surface area contributed by atoms with E-state index in [-0.39, 0.29) is 11.9 Å². The molecule has 11 N–H and O–H groups in total. The predicted molar refractivity (Wildman–Crippen MR) is 127 cm³/mol. The number of methoxy groups -OCH3 is 2. The van der Waals surface area contributed by atoms with Crippen molar-refractivity contribution in [3.05, 3.63) is 20.2 Å². The summed E-state index contributed by atoms with van der Waals surface area (Å²) in [6, 6.07) is 0. The zero-order valence-corrected chi connectivity index (χ0v) is 21.0. The van der Waals surface area contributed by atoms with Crippen molar-refractivity contribution in [1.29, 1.82) is 0 Å². The summed E-state index contributed by atoms with van der Waals surface area (Å²) < 4.78 is 17.6. The fraction of sp³-hybridized carbons (Fsp3) is 0.714. The third-order valence-corrected chi connectivity index (χ3v) is 3.11. The third-order valence-electron chi connectivity index (χ3n) is 3.11. The van der Waals surface area contributed by atoms with Crippen molar-refractivity contribution in [1.82, 2.24) is 21.3 Å². The van der Waals surface area contributed by atoms with Crippen molar-refractivity contribution in [3.8, 4) is 0 Å². The van der Waals surface area contributed by atoms with E-state index in [2.05, 4.69) is 40.9 Å². The van der Waals surface area contributed by atoms with Gasteiger partial charge in [0.25, 0.3) is 11.9 Å². The van der Waals surface area contributed by atoms with E-state index < -0.39 is 30.1 Å². The summed E-state index contributed by atoms with van der Waals surface area (Å²) in [7, 11) is -2.07. The summed E-state index contributed by atoms with van der Waals surface area (Å²) in [6.45, 7) is 1.85. The number of carbonyl (C=O) groups is 2. The van der Waals surface area contributed by atoms with E-state index in [1.54, 1.807) is 0 Å². The highest BCUT2D eigenvalue weighted by Crippen LogP contribution is 2.25. The number of amides is 2. The van der Waals surface area contributed by atoms with E-state index in [1.165, 1.54) is 14.2 Å². The fourth-order valence-corrected chi connectivity index (χ4v) is 1.70. The molecule has 0 rings (SSSR count). The maximum absolute atomic E-state index is 10.6. The number of hydrogen-bond donors (Lipinski definition) is 9. The lowest BCUT2D eigenvalue weighted by molar-refractivity contribution is -0.485. The smallest absolute Gasteiger partial charge is 0.453 e. The number of nitrogens with zero attached hydrogens (tertiary/aromatic N) is 4. The average molecular weight is 564 g/mol. The normalized spacial score (nSPS) is 10.8. The van der Waals surface area contributed by atoms with Gasteiger partial charge in [0.05, 0.1) is 14.2 Å². The highest BCUT2D eigenvalue weighted by atomic mass is 31.2. The van der Waals surface area contributed by atoms with Gasteiger partial charge >= 0.3 is 20.0 Å². The van der Waals surface area contributed by atoms with Crippen LogP contribution in [0.4, 0.5) is 9.59 Å². The number of alkyl carbamates (subject to hydrolysis) is 2. The number of nitrogens with two attached hydrogens (primary N) is 2. The van der Waals surface area contributed by atoms with E-state index in [0.29, 0.717) is 51.9 Å². The molecule has 0 aromatic carbocycles. The van der Waals surface area contributed by atoms with Crippen molar-refractivity contribution in [2.75, 3.05) is 40.4 Å². The second-order valence-corrected chi connectivity index (χ2v) is 7.09. The van der Waals surface area contributed by atoms with Crippen LogP contribution in [0.25, 0.3) is 0 Å². The summed E-state index contributed by atoms with van der Waals surface area (Å²) in [5.41, 5.74) is 10.3. The molecule has 0 saturated carbocycles. The van der Waals surface area contributed by atoms with Gasteiger partial charge in [-0.2, -0.15) is 0 Å². The SMILES string of the molecule is COC(=O)NCCCCNC(N)=N[N+](=O)[O-].COC(=O)NCCCCNC(N)=N[N+](=O)[O-].O=P(O)(O)O. The second-order valence-electron chi connectivity index (χ2n) is 6.06. The van der Waals surface area contributed by atoms with Gasteiger partial charge < -0.3 is 56.9 Å². The van der Waals surface area contributed by atoms with Crippen molar-refractivity contribution < 1.29 is 48.4 Å². The third kappa shape index (κ3) is 42.6. The van der Waals surface area contributed by atoms with Gasteiger partial charge in [-0.3, -0.25) is 0 Å². The number of nitrogens with one attached hydrogen (secondary N) is 4. The Balaban J connectivity index is -0.000000528. The summed E-state index contributed by atoms with van der Waals surface area (Å²) in [5, 5.41) is 33.8. The molecule has 0 aromatic rings. The summed E-state index contributed by atoms with van der Waals surface area (Å²) in [6.07, 6.45) is 1.82. The Bertz CT molecular complexity index is 729. The quantitative estimate of drug-likeness (QED) is 0.0295. The van der Waals surface area contributed by atoms with Crippen LogP contribution in [0.1, 0.15) is 25.7 Å². The molecular formula is C14H33N10O12P. The van der Waals surface area contributed by atoms with Crippen LogP contribution in [0, 0.1) is 20.2 Å². The molecule has 216 valence electrons. The Morgan fingerprint density at radius 2 is 1.00 bits per heavy atom. The predicted octanol–water partition coefficient (Wildman–Crippen LogP) is -2.49. The Kier molecular flexibility index (Phi) is 24.1. The Hall–Kier alpha value is -4.01. The lowest BCUT2D eigenvalue weighted by Crippen LogP contribution is -2.33. The largest absolute Gasteiger partial charge is 0.466 e. The van der Waals surface area contributed by atoms with Crippen LogP contribution in [0.3, 0.4) is 0 Å². The topological polar surface area (TPSA) is 342 Å². The standard InChI is InChI=1S/2C7H15N5O4.H3O4P/c2*1-16-7(13)10-5-3-2-4-9-6(8)11-12(14)15;1-5(2,3)4/h2*2-5H2,1H3,(H,10,13)(H3,8,9,11);(H3,1,2,3,4). The first-order valence-electron chi connectivity index (χ1n) is 9.98. The summed E-state index contributed by atoms with van der Waals surface area (Å²) in [5.74, 6) is -0.461. The number of hydrogen-bond acceptors (Lipinski definition) is 9. The molecule has 0 saturated heterocycles. The molecule has 0 unspecified atom stereocenters. The summed E-state index contributed by atoms with van der Waals surface area (Å²) >= 11 is 0. The van der Waals surface area contributed by atoms with Gasteiger partial charge in [0, 0.05) is 26.2 Å². The second kappa shape index (κ2) is 23.7. The first-order chi connectivity index (χ1) is 17.1. The van der Waals surface area contributed by atoms with Crippen LogP contribution in [0.5, 0.6) is 0 Å². The maximum atomic E-state index is 10.6. The zero-order valence-electron chi connectivity index (χ0n) is 20.1. The number of rotatable bonds is 12. The number of hydrazone groups is 2. The van der Waals surface area contributed by atoms with E-state index in [0.717, 1.165) is 0 Å². The Morgan fingerprint density at radius 1 is 0.757 bits per heavy atom. The fourth-order valence-electron chi connectivity index (χ4n) is 1.70. The molecule has 22 nitrogen and oxygen atoms in total. The lowest BCUT2D eigenvalue weighted by atomic mass is 10.3.